The van der Waals surface area contributed by atoms with Crippen LogP contribution in [0.2, 0.25) is 0 Å². The lowest BCUT2D eigenvalue weighted by Crippen LogP contribution is -2.20. The summed E-state index contributed by atoms with van der Waals surface area (Å²) in [5.74, 6) is -4.81. The number of ether oxygens (including phenoxy) is 2. The highest BCUT2D eigenvalue weighted by atomic mass is 16.5. The highest BCUT2D eigenvalue weighted by Crippen LogP contribution is 2.44. The summed E-state index contributed by atoms with van der Waals surface area (Å²) < 4.78 is 17.4. The van der Waals surface area contributed by atoms with E-state index in [9.17, 15) is 34.2 Å². The summed E-state index contributed by atoms with van der Waals surface area (Å²) in [6.07, 6.45) is 4.40. The standard InChI is InChI=1S/C35H42O10/c1-5-9-13-23(37)27-30(41)28(24(38)14-10-6-2)34-29(33(27)43-25(39)15-11-7-3)31(42)35(44-26(40)16-12-8-4)32(45-34)21-17-19-22(36)20-18-21/h17-20,36,41H,5-16H2,1-4H3. The molecule has 0 unspecified atom stereocenters. The molecule has 0 aliphatic rings. The third-order valence-corrected chi connectivity index (χ3v) is 7.33. The van der Waals surface area contributed by atoms with Gasteiger partial charge in [-0.2, -0.15) is 0 Å². The molecule has 1 heterocycles. The summed E-state index contributed by atoms with van der Waals surface area (Å²) in [5, 5.41) is 21.0. The number of phenolic OH excluding ortho intramolecular Hbond substituents is 2. The molecule has 45 heavy (non-hydrogen) atoms. The molecule has 3 aromatic rings. The molecule has 10 nitrogen and oxygen atoms in total. The Morgan fingerprint density at radius 2 is 1.13 bits per heavy atom. The van der Waals surface area contributed by atoms with Gasteiger partial charge in [0.05, 0.1) is 0 Å². The van der Waals surface area contributed by atoms with Gasteiger partial charge in [0.1, 0.15) is 28.0 Å². The summed E-state index contributed by atoms with van der Waals surface area (Å²) in [6, 6.07) is 5.53. The maximum absolute atomic E-state index is 14.4. The number of fused-ring (bicyclic) bond motifs is 1. The number of hydrogen-bond acceptors (Lipinski definition) is 10. The molecule has 0 spiro atoms. The average Bonchev–Trinajstić information content (AvgIpc) is 3.02. The first-order valence-electron chi connectivity index (χ1n) is 15.8. The van der Waals surface area contributed by atoms with E-state index in [0.29, 0.717) is 51.4 Å². The molecule has 242 valence electrons. The number of carbonyl (C=O) groups excluding carboxylic acids is 4. The molecule has 2 aromatic carbocycles. The van der Waals surface area contributed by atoms with Gasteiger partial charge in [0, 0.05) is 31.2 Å². The van der Waals surface area contributed by atoms with Crippen LogP contribution in [-0.4, -0.2) is 33.7 Å². The van der Waals surface area contributed by atoms with E-state index in [2.05, 4.69) is 0 Å². The molecule has 0 bridgehead atoms. The zero-order valence-corrected chi connectivity index (χ0v) is 26.5. The first-order chi connectivity index (χ1) is 21.6. The lowest BCUT2D eigenvalue weighted by molar-refractivity contribution is -0.135. The van der Waals surface area contributed by atoms with Crippen molar-refractivity contribution in [2.75, 3.05) is 0 Å². The number of Topliss-reactive ketones (excluding diaryl/α,β-unsaturated/α-hetero) is 2. The van der Waals surface area contributed by atoms with Crippen molar-refractivity contribution in [3.8, 4) is 34.3 Å². The molecule has 10 heteroatoms. The fourth-order valence-electron chi connectivity index (χ4n) is 4.78. The number of aromatic hydroxyl groups is 2. The monoisotopic (exact) mass is 622 g/mol. The quantitative estimate of drug-likeness (QED) is 0.0864. The van der Waals surface area contributed by atoms with Crippen molar-refractivity contribution in [1.29, 1.82) is 0 Å². The van der Waals surface area contributed by atoms with Crippen LogP contribution in [0.4, 0.5) is 0 Å². The summed E-state index contributed by atoms with van der Waals surface area (Å²) in [6.45, 7) is 7.52. The minimum absolute atomic E-state index is 0.00105. The molecular weight excluding hydrogens is 580 g/mol. The van der Waals surface area contributed by atoms with Gasteiger partial charge in [-0.3, -0.25) is 24.0 Å². The van der Waals surface area contributed by atoms with Crippen molar-refractivity contribution in [2.45, 2.75) is 105 Å². The normalized spacial score (nSPS) is 11.0. The van der Waals surface area contributed by atoms with Gasteiger partial charge in [0.25, 0.3) is 0 Å². The van der Waals surface area contributed by atoms with Crippen LogP contribution in [0.3, 0.4) is 0 Å². The number of ketones is 2. The van der Waals surface area contributed by atoms with Gasteiger partial charge in [0.2, 0.25) is 11.2 Å². The third kappa shape index (κ3) is 8.38. The van der Waals surface area contributed by atoms with Crippen molar-refractivity contribution < 1.29 is 43.3 Å². The molecule has 0 amide bonds. The molecule has 0 fully saturated rings. The predicted octanol–water partition coefficient (Wildman–Crippen LogP) is 7.81. The summed E-state index contributed by atoms with van der Waals surface area (Å²) in [4.78, 5) is 67.4. The van der Waals surface area contributed by atoms with Gasteiger partial charge in [-0.1, -0.05) is 53.4 Å². The number of hydrogen-bond donors (Lipinski definition) is 2. The zero-order valence-electron chi connectivity index (χ0n) is 26.5. The maximum atomic E-state index is 14.4. The minimum Gasteiger partial charge on any atom is -0.508 e. The Morgan fingerprint density at radius 1 is 0.667 bits per heavy atom. The SMILES string of the molecule is CCCCC(=O)Oc1c(-c2ccc(O)cc2)oc2c(C(=O)CCCC)c(O)c(C(=O)CCCC)c(OC(=O)CCCC)c2c1=O. The number of benzene rings is 2. The molecule has 0 atom stereocenters. The van der Waals surface area contributed by atoms with Gasteiger partial charge in [0.15, 0.2) is 28.7 Å². The molecule has 0 aliphatic heterocycles. The molecular formula is C35H42O10. The number of rotatable bonds is 17. The van der Waals surface area contributed by atoms with E-state index in [1.165, 1.54) is 24.3 Å². The lowest BCUT2D eigenvalue weighted by atomic mass is 9.93. The number of phenols is 2. The van der Waals surface area contributed by atoms with Crippen molar-refractivity contribution in [3.63, 3.8) is 0 Å². The van der Waals surface area contributed by atoms with E-state index in [-0.39, 0.29) is 42.8 Å². The van der Waals surface area contributed by atoms with Gasteiger partial charge >= 0.3 is 11.9 Å². The third-order valence-electron chi connectivity index (χ3n) is 7.33. The maximum Gasteiger partial charge on any atom is 0.311 e. The Balaban J connectivity index is 2.54. The second-order valence-electron chi connectivity index (χ2n) is 11.0. The summed E-state index contributed by atoms with van der Waals surface area (Å²) in [7, 11) is 0. The smallest absolute Gasteiger partial charge is 0.311 e. The van der Waals surface area contributed by atoms with Crippen LogP contribution in [0.1, 0.15) is 125 Å². The first kappa shape index (κ1) is 35.0. The zero-order chi connectivity index (χ0) is 33.1. The fourth-order valence-corrected chi connectivity index (χ4v) is 4.78. The topological polar surface area (TPSA) is 157 Å². The molecule has 0 saturated carbocycles. The Morgan fingerprint density at radius 3 is 1.64 bits per heavy atom. The van der Waals surface area contributed by atoms with E-state index < -0.39 is 68.3 Å². The second-order valence-corrected chi connectivity index (χ2v) is 11.0. The van der Waals surface area contributed by atoms with Crippen LogP contribution < -0.4 is 14.9 Å². The molecule has 0 saturated heterocycles. The van der Waals surface area contributed by atoms with Crippen LogP contribution in [0.5, 0.6) is 23.0 Å². The van der Waals surface area contributed by atoms with Crippen molar-refractivity contribution in [1.82, 2.24) is 0 Å². The van der Waals surface area contributed by atoms with Crippen molar-refractivity contribution in [3.05, 3.63) is 45.6 Å². The second kappa shape index (κ2) is 16.6. The van der Waals surface area contributed by atoms with Gasteiger partial charge in [-0.15, -0.1) is 0 Å². The predicted molar refractivity (Wildman–Crippen MR) is 169 cm³/mol. The van der Waals surface area contributed by atoms with E-state index in [4.69, 9.17) is 13.9 Å². The summed E-state index contributed by atoms with van der Waals surface area (Å²) in [5.41, 5.74) is -2.00. The molecule has 3 rings (SSSR count). The number of unbranched alkanes of at least 4 members (excludes halogenated alkanes) is 4. The number of carbonyl (C=O) groups is 4. The number of esters is 2. The first-order valence-corrected chi connectivity index (χ1v) is 15.8. The molecule has 0 aliphatic carbocycles. The highest BCUT2D eigenvalue weighted by Gasteiger charge is 2.34. The largest absolute Gasteiger partial charge is 0.508 e. The van der Waals surface area contributed by atoms with Crippen LogP contribution in [-0.2, 0) is 9.59 Å². The van der Waals surface area contributed by atoms with Crippen LogP contribution in [0.15, 0.2) is 33.5 Å². The average molecular weight is 623 g/mol. The van der Waals surface area contributed by atoms with Gasteiger partial charge in [-0.05, 0) is 49.9 Å². The van der Waals surface area contributed by atoms with Crippen LogP contribution in [0.25, 0.3) is 22.3 Å². The summed E-state index contributed by atoms with van der Waals surface area (Å²) >= 11 is 0. The van der Waals surface area contributed by atoms with E-state index >= 15 is 0 Å². The Hall–Kier alpha value is -4.47. The van der Waals surface area contributed by atoms with E-state index in [1.54, 1.807) is 0 Å². The van der Waals surface area contributed by atoms with Crippen molar-refractivity contribution >= 4 is 34.5 Å². The highest BCUT2D eigenvalue weighted by molar-refractivity contribution is 6.17. The van der Waals surface area contributed by atoms with Gasteiger partial charge < -0.3 is 24.1 Å². The fraction of sp³-hybridized carbons (Fsp3) is 0.457. The minimum atomic E-state index is -0.962. The molecule has 1 aromatic heterocycles. The lowest BCUT2D eigenvalue weighted by Gasteiger charge is -2.19. The Labute approximate surface area is 262 Å². The molecule has 2 N–H and O–H groups in total. The van der Waals surface area contributed by atoms with Gasteiger partial charge in [-0.25, -0.2) is 0 Å². The molecule has 0 radical (unpaired) electrons. The van der Waals surface area contributed by atoms with Crippen LogP contribution >= 0.6 is 0 Å². The van der Waals surface area contributed by atoms with E-state index in [0.717, 1.165) is 0 Å². The Bertz CT molecular complexity index is 1600. The Kier molecular flexibility index (Phi) is 12.9. The van der Waals surface area contributed by atoms with E-state index in [1.807, 2.05) is 27.7 Å². The van der Waals surface area contributed by atoms with Crippen LogP contribution in [0, 0.1) is 0 Å². The van der Waals surface area contributed by atoms with Crippen molar-refractivity contribution in [2.24, 2.45) is 0 Å².